The van der Waals surface area contributed by atoms with E-state index in [1.54, 1.807) is 18.2 Å². The van der Waals surface area contributed by atoms with E-state index in [0.717, 1.165) is 0 Å². The summed E-state index contributed by atoms with van der Waals surface area (Å²) < 4.78 is 10.1. The Balaban J connectivity index is 2.99. The molecule has 1 aromatic carbocycles. The van der Waals surface area contributed by atoms with Gasteiger partial charge in [0, 0.05) is 0 Å². The molecule has 0 aromatic heterocycles. The van der Waals surface area contributed by atoms with Crippen LogP contribution in [0.2, 0.25) is 0 Å². The van der Waals surface area contributed by atoms with E-state index in [0.29, 0.717) is 23.3 Å². The number of nitrogens with zero attached hydrogens (tertiary/aromatic N) is 1. The quantitative estimate of drug-likeness (QED) is 0.748. The molecule has 1 aromatic rings. The summed E-state index contributed by atoms with van der Waals surface area (Å²) in [6.07, 6.45) is 0.0725. The highest BCUT2D eigenvalue weighted by molar-refractivity contribution is 5.89. The van der Waals surface area contributed by atoms with Gasteiger partial charge in [0.1, 0.15) is 0 Å². The van der Waals surface area contributed by atoms with Crippen LogP contribution in [0, 0.1) is 11.3 Å². The molecular formula is C13H15NO3. The Hall–Kier alpha value is -1.86. The molecule has 0 saturated heterocycles. The number of hydrogen-bond donors (Lipinski definition) is 0. The second-order valence-electron chi connectivity index (χ2n) is 3.84. The van der Waals surface area contributed by atoms with Crippen molar-refractivity contribution in [3.05, 3.63) is 34.9 Å². The van der Waals surface area contributed by atoms with Gasteiger partial charge < -0.3 is 9.47 Å². The molecule has 17 heavy (non-hydrogen) atoms. The van der Waals surface area contributed by atoms with Crippen molar-refractivity contribution in [2.45, 2.75) is 26.6 Å². The van der Waals surface area contributed by atoms with Gasteiger partial charge in [-0.05, 0) is 37.6 Å². The molecule has 0 radical (unpaired) electrons. The number of rotatable bonds is 4. The molecule has 0 atom stereocenters. The van der Waals surface area contributed by atoms with E-state index in [2.05, 4.69) is 10.8 Å². The highest BCUT2D eigenvalue weighted by Gasteiger charge is 2.10. The topological polar surface area (TPSA) is 59.3 Å². The Morgan fingerprint density at radius 3 is 2.71 bits per heavy atom. The summed E-state index contributed by atoms with van der Waals surface area (Å²) in [5, 5.41) is 8.95. The van der Waals surface area contributed by atoms with Crippen molar-refractivity contribution in [3.63, 3.8) is 0 Å². The van der Waals surface area contributed by atoms with Crippen molar-refractivity contribution >= 4 is 5.97 Å². The van der Waals surface area contributed by atoms with Gasteiger partial charge in [-0.25, -0.2) is 4.79 Å². The Kier molecular flexibility index (Phi) is 4.68. The minimum absolute atomic E-state index is 0.0725. The number of ether oxygens (including phenoxy) is 2. The van der Waals surface area contributed by atoms with Crippen LogP contribution in [0.25, 0.3) is 0 Å². The van der Waals surface area contributed by atoms with Crippen LogP contribution in [-0.2, 0) is 16.1 Å². The van der Waals surface area contributed by atoms with Gasteiger partial charge in [0.2, 0.25) is 0 Å². The van der Waals surface area contributed by atoms with Crippen LogP contribution >= 0.6 is 0 Å². The van der Waals surface area contributed by atoms with E-state index in [1.807, 2.05) is 13.8 Å². The van der Waals surface area contributed by atoms with E-state index in [9.17, 15) is 4.79 Å². The van der Waals surface area contributed by atoms with Crippen molar-refractivity contribution in [2.24, 2.45) is 0 Å². The molecule has 90 valence electrons. The third kappa shape index (κ3) is 3.58. The maximum atomic E-state index is 11.4. The van der Waals surface area contributed by atoms with E-state index in [1.165, 1.54) is 7.11 Å². The van der Waals surface area contributed by atoms with Gasteiger partial charge in [-0.3, -0.25) is 0 Å². The lowest BCUT2D eigenvalue weighted by Crippen LogP contribution is -2.06. The zero-order valence-electron chi connectivity index (χ0n) is 10.2. The van der Waals surface area contributed by atoms with Gasteiger partial charge in [-0.2, -0.15) is 5.26 Å². The minimum Gasteiger partial charge on any atom is -0.465 e. The fourth-order valence-corrected chi connectivity index (χ4v) is 1.32. The third-order valence-corrected chi connectivity index (χ3v) is 2.22. The number of esters is 1. The van der Waals surface area contributed by atoms with Crippen LogP contribution < -0.4 is 0 Å². The van der Waals surface area contributed by atoms with E-state index in [4.69, 9.17) is 10.00 Å². The zero-order valence-corrected chi connectivity index (χ0v) is 10.2. The fourth-order valence-electron chi connectivity index (χ4n) is 1.32. The van der Waals surface area contributed by atoms with Crippen LogP contribution in [0.5, 0.6) is 0 Å². The maximum Gasteiger partial charge on any atom is 0.337 e. The van der Waals surface area contributed by atoms with Crippen molar-refractivity contribution in [1.29, 1.82) is 5.26 Å². The average Bonchev–Trinajstić information content (AvgIpc) is 2.34. The molecule has 0 amide bonds. The van der Waals surface area contributed by atoms with Crippen molar-refractivity contribution < 1.29 is 14.3 Å². The van der Waals surface area contributed by atoms with Crippen LogP contribution in [0.1, 0.15) is 35.3 Å². The van der Waals surface area contributed by atoms with Gasteiger partial charge in [0.15, 0.2) is 0 Å². The average molecular weight is 233 g/mol. The molecular weight excluding hydrogens is 218 g/mol. The molecule has 0 fully saturated rings. The largest absolute Gasteiger partial charge is 0.465 e. The van der Waals surface area contributed by atoms with Crippen LogP contribution in [0.3, 0.4) is 0 Å². The molecule has 0 aliphatic rings. The molecule has 0 saturated carbocycles. The second kappa shape index (κ2) is 6.02. The summed E-state index contributed by atoms with van der Waals surface area (Å²) in [5.74, 6) is -0.416. The number of benzene rings is 1. The summed E-state index contributed by atoms with van der Waals surface area (Å²) in [7, 11) is 1.32. The van der Waals surface area contributed by atoms with Crippen LogP contribution in [0.15, 0.2) is 18.2 Å². The first kappa shape index (κ1) is 13.2. The van der Waals surface area contributed by atoms with Gasteiger partial charge >= 0.3 is 5.97 Å². The van der Waals surface area contributed by atoms with E-state index in [-0.39, 0.29) is 6.10 Å². The van der Waals surface area contributed by atoms with Crippen LogP contribution in [0.4, 0.5) is 0 Å². The molecule has 0 heterocycles. The smallest absolute Gasteiger partial charge is 0.337 e. The Labute approximate surface area is 101 Å². The van der Waals surface area contributed by atoms with Gasteiger partial charge in [-0.1, -0.05) is 0 Å². The number of nitriles is 1. The molecule has 0 bridgehead atoms. The van der Waals surface area contributed by atoms with E-state index >= 15 is 0 Å². The lowest BCUT2D eigenvalue weighted by molar-refractivity contribution is 0.0597. The molecule has 1 rings (SSSR count). The van der Waals surface area contributed by atoms with Crippen molar-refractivity contribution in [3.8, 4) is 6.07 Å². The van der Waals surface area contributed by atoms with Gasteiger partial charge in [-0.15, -0.1) is 0 Å². The number of carbonyl (C=O) groups is 1. The first-order valence-corrected chi connectivity index (χ1v) is 5.31. The maximum absolute atomic E-state index is 11.4. The summed E-state index contributed by atoms with van der Waals surface area (Å²) in [6, 6.07) is 6.88. The Morgan fingerprint density at radius 1 is 1.47 bits per heavy atom. The first-order valence-electron chi connectivity index (χ1n) is 5.31. The first-order chi connectivity index (χ1) is 8.08. The predicted octanol–water partition coefficient (Wildman–Crippen LogP) is 2.27. The monoisotopic (exact) mass is 233 g/mol. The number of methoxy groups -OCH3 is 1. The van der Waals surface area contributed by atoms with E-state index < -0.39 is 5.97 Å². The van der Waals surface area contributed by atoms with Crippen molar-refractivity contribution in [2.75, 3.05) is 7.11 Å². The zero-order chi connectivity index (χ0) is 12.8. The minimum atomic E-state index is -0.416. The number of hydrogen-bond acceptors (Lipinski definition) is 4. The lowest BCUT2D eigenvalue weighted by atomic mass is 10.1. The summed E-state index contributed by atoms with van der Waals surface area (Å²) in [4.78, 5) is 11.4. The van der Waals surface area contributed by atoms with Crippen molar-refractivity contribution in [1.82, 2.24) is 0 Å². The SMILES string of the molecule is COC(=O)c1ccc(C#N)c(COC(C)C)c1. The summed E-state index contributed by atoms with van der Waals surface area (Å²) in [6.45, 7) is 4.14. The Morgan fingerprint density at radius 2 is 2.18 bits per heavy atom. The summed E-state index contributed by atoms with van der Waals surface area (Å²) in [5.41, 5.74) is 1.64. The van der Waals surface area contributed by atoms with Gasteiger partial charge in [0.25, 0.3) is 0 Å². The number of carbonyl (C=O) groups excluding carboxylic acids is 1. The molecule has 4 heteroatoms. The third-order valence-electron chi connectivity index (χ3n) is 2.22. The molecule has 0 aliphatic heterocycles. The molecule has 0 N–H and O–H groups in total. The van der Waals surface area contributed by atoms with Crippen LogP contribution in [-0.4, -0.2) is 19.2 Å². The molecule has 0 aliphatic carbocycles. The predicted molar refractivity (Wildman–Crippen MR) is 62.4 cm³/mol. The highest BCUT2D eigenvalue weighted by Crippen LogP contribution is 2.14. The van der Waals surface area contributed by atoms with Gasteiger partial charge in [0.05, 0.1) is 37.0 Å². The Bertz CT molecular complexity index is 446. The normalized spacial score (nSPS) is 10.1. The summed E-state index contributed by atoms with van der Waals surface area (Å²) >= 11 is 0. The molecule has 4 nitrogen and oxygen atoms in total. The molecule has 0 spiro atoms. The second-order valence-corrected chi connectivity index (χ2v) is 3.84. The molecule has 0 unspecified atom stereocenters. The standard InChI is InChI=1S/C13H15NO3/c1-9(2)17-8-12-6-10(13(15)16-3)4-5-11(12)7-14/h4-6,9H,8H2,1-3H3. The highest BCUT2D eigenvalue weighted by atomic mass is 16.5. The fraction of sp³-hybridized carbons (Fsp3) is 0.385. The lowest BCUT2D eigenvalue weighted by Gasteiger charge is -2.10.